The minimum Gasteiger partial charge on any atom is -0.493 e. The zero-order valence-corrected chi connectivity index (χ0v) is 18.2. The van der Waals surface area contributed by atoms with Crippen LogP contribution in [0.4, 0.5) is 11.4 Å². The molecule has 0 bridgehead atoms. The lowest BCUT2D eigenvalue weighted by molar-refractivity contribution is 0.311. The van der Waals surface area contributed by atoms with Gasteiger partial charge in [0.1, 0.15) is 0 Å². The Morgan fingerprint density at radius 1 is 1.10 bits per heavy atom. The van der Waals surface area contributed by atoms with E-state index in [1.54, 1.807) is 14.2 Å². The molecule has 2 aromatic rings. The van der Waals surface area contributed by atoms with Crippen LogP contribution in [-0.4, -0.2) is 51.3 Å². The lowest BCUT2D eigenvalue weighted by Gasteiger charge is -2.28. The summed E-state index contributed by atoms with van der Waals surface area (Å²) in [5, 5.41) is 6.67. The van der Waals surface area contributed by atoms with E-state index in [0.717, 1.165) is 18.8 Å². The lowest BCUT2D eigenvalue weighted by atomic mass is 10.2. The van der Waals surface area contributed by atoms with E-state index in [0.29, 0.717) is 30.6 Å². The second-order valence-electron chi connectivity index (χ2n) is 6.62. The standard InChI is InChI=1S/C22H30N4O2S/c1-4-28-21-15-18(7-10-20(21)27-3)25-22(23-2)24-16-17-5-8-19(9-6-17)26-11-13-29-14-12-26/h5-10,15H,4,11-14,16H2,1-3H3,(H2,23,24,25). The van der Waals surface area contributed by atoms with E-state index in [9.17, 15) is 0 Å². The molecule has 6 nitrogen and oxygen atoms in total. The molecule has 1 aliphatic heterocycles. The topological polar surface area (TPSA) is 58.1 Å². The van der Waals surface area contributed by atoms with Crippen molar-refractivity contribution in [3.05, 3.63) is 48.0 Å². The quantitative estimate of drug-likeness (QED) is 0.530. The van der Waals surface area contributed by atoms with Crippen molar-refractivity contribution in [3.8, 4) is 11.5 Å². The fraction of sp³-hybridized carbons (Fsp3) is 0.409. The number of aliphatic imine (C=N–C) groups is 1. The Balaban J connectivity index is 1.57. The van der Waals surface area contributed by atoms with Gasteiger partial charge in [0.15, 0.2) is 17.5 Å². The third kappa shape index (κ3) is 5.97. The van der Waals surface area contributed by atoms with Crippen molar-refractivity contribution in [2.75, 3.05) is 55.6 Å². The zero-order valence-electron chi connectivity index (χ0n) is 17.4. The number of anilines is 2. The van der Waals surface area contributed by atoms with Gasteiger partial charge in [-0.25, -0.2) is 0 Å². The third-order valence-electron chi connectivity index (χ3n) is 4.72. The van der Waals surface area contributed by atoms with Crippen LogP contribution >= 0.6 is 11.8 Å². The molecular formula is C22H30N4O2S. The molecule has 0 saturated carbocycles. The van der Waals surface area contributed by atoms with Gasteiger partial charge >= 0.3 is 0 Å². The van der Waals surface area contributed by atoms with E-state index in [2.05, 4.69) is 44.8 Å². The average molecular weight is 415 g/mol. The summed E-state index contributed by atoms with van der Waals surface area (Å²) in [4.78, 5) is 6.77. The molecule has 3 rings (SSSR count). The molecule has 1 saturated heterocycles. The normalized spacial score (nSPS) is 14.4. The molecule has 0 radical (unpaired) electrons. The number of benzene rings is 2. The van der Waals surface area contributed by atoms with Crippen LogP contribution in [0.5, 0.6) is 11.5 Å². The second kappa shape index (κ2) is 10.9. The summed E-state index contributed by atoms with van der Waals surface area (Å²) in [5.74, 6) is 4.55. The van der Waals surface area contributed by atoms with Gasteiger partial charge in [0, 0.05) is 55.6 Å². The minimum atomic E-state index is 0.582. The molecule has 0 aromatic heterocycles. The Morgan fingerprint density at radius 3 is 2.52 bits per heavy atom. The van der Waals surface area contributed by atoms with Crippen molar-refractivity contribution >= 4 is 29.1 Å². The van der Waals surface area contributed by atoms with E-state index >= 15 is 0 Å². The van der Waals surface area contributed by atoms with Crippen LogP contribution in [0.3, 0.4) is 0 Å². The number of rotatable bonds is 7. The van der Waals surface area contributed by atoms with Gasteiger partial charge in [-0.3, -0.25) is 4.99 Å². The summed E-state index contributed by atoms with van der Waals surface area (Å²) < 4.78 is 11.0. The molecule has 0 spiro atoms. The van der Waals surface area contributed by atoms with Gasteiger partial charge < -0.3 is 25.0 Å². The van der Waals surface area contributed by atoms with Gasteiger partial charge in [0.2, 0.25) is 0 Å². The van der Waals surface area contributed by atoms with Crippen molar-refractivity contribution in [2.45, 2.75) is 13.5 Å². The Bertz CT molecular complexity index is 805. The van der Waals surface area contributed by atoms with Crippen LogP contribution in [0.15, 0.2) is 47.5 Å². The average Bonchev–Trinajstić information content (AvgIpc) is 2.78. The second-order valence-corrected chi connectivity index (χ2v) is 7.84. The van der Waals surface area contributed by atoms with Crippen LogP contribution in [0, 0.1) is 0 Å². The smallest absolute Gasteiger partial charge is 0.195 e. The maximum absolute atomic E-state index is 5.64. The first-order valence-corrected chi connectivity index (χ1v) is 11.1. The molecule has 0 amide bonds. The first-order chi connectivity index (χ1) is 14.2. The summed E-state index contributed by atoms with van der Waals surface area (Å²) in [6, 6.07) is 14.5. The fourth-order valence-electron chi connectivity index (χ4n) is 3.17. The van der Waals surface area contributed by atoms with Crippen LogP contribution in [0.1, 0.15) is 12.5 Å². The zero-order chi connectivity index (χ0) is 20.5. The monoisotopic (exact) mass is 414 g/mol. The van der Waals surface area contributed by atoms with Crippen LogP contribution in [0.25, 0.3) is 0 Å². The molecule has 1 heterocycles. The molecule has 29 heavy (non-hydrogen) atoms. The summed E-state index contributed by atoms with van der Waals surface area (Å²) in [5.41, 5.74) is 3.41. The van der Waals surface area contributed by atoms with Crippen molar-refractivity contribution in [1.29, 1.82) is 0 Å². The van der Waals surface area contributed by atoms with E-state index < -0.39 is 0 Å². The highest BCUT2D eigenvalue weighted by molar-refractivity contribution is 7.99. The van der Waals surface area contributed by atoms with Crippen LogP contribution in [-0.2, 0) is 6.54 Å². The number of methoxy groups -OCH3 is 1. The maximum atomic E-state index is 5.64. The van der Waals surface area contributed by atoms with Gasteiger partial charge in [-0.2, -0.15) is 11.8 Å². The maximum Gasteiger partial charge on any atom is 0.195 e. The molecule has 2 N–H and O–H groups in total. The number of hydrogen-bond donors (Lipinski definition) is 2. The third-order valence-corrected chi connectivity index (χ3v) is 5.66. The van der Waals surface area contributed by atoms with Crippen molar-refractivity contribution < 1.29 is 9.47 Å². The summed E-state index contributed by atoms with van der Waals surface area (Å²) in [6.07, 6.45) is 0. The summed E-state index contributed by atoms with van der Waals surface area (Å²) >= 11 is 2.03. The van der Waals surface area contributed by atoms with Crippen molar-refractivity contribution in [3.63, 3.8) is 0 Å². The SMILES string of the molecule is CCOc1cc(NC(=NC)NCc2ccc(N3CCSCC3)cc2)ccc1OC. The number of hydrogen-bond acceptors (Lipinski definition) is 5. The highest BCUT2D eigenvalue weighted by Gasteiger charge is 2.11. The van der Waals surface area contributed by atoms with E-state index in [1.165, 1.54) is 22.8 Å². The molecule has 7 heteroatoms. The minimum absolute atomic E-state index is 0.582. The first-order valence-electron chi connectivity index (χ1n) is 9.93. The Labute approximate surface area is 177 Å². The first kappa shape index (κ1) is 21.2. The van der Waals surface area contributed by atoms with Gasteiger partial charge in [-0.1, -0.05) is 12.1 Å². The summed E-state index contributed by atoms with van der Waals surface area (Å²) in [7, 11) is 3.40. The summed E-state index contributed by atoms with van der Waals surface area (Å²) in [6.45, 7) is 5.49. The molecule has 0 atom stereocenters. The van der Waals surface area contributed by atoms with Crippen LogP contribution < -0.4 is 25.0 Å². The van der Waals surface area contributed by atoms with E-state index in [4.69, 9.17) is 9.47 Å². The molecule has 1 fully saturated rings. The number of thioether (sulfide) groups is 1. The van der Waals surface area contributed by atoms with E-state index in [1.807, 2.05) is 36.9 Å². The van der Waals surface area contributed by atoms with Gasteiger partial charge in [0.05, 0.1) is 13.7 Å². The largest absolute Gasteiger partial charge is 0.493 e. The molecular weight excluding hydrogens is 384 g/mol. The fourth-order valence-corrected chi connectivity index (χ4v) is 4.07. The number of nitrogens with zero attached hydrogens (tertiary/aromatic N) is 2. The number of guanidine groups is 1. The Hall–Kier alpha value is -2.54. The predicted octanol–water partition coefficient (Wildman–Crippen LogP) is 3.83. The molecule has 156 valence electrons. The van der Waals surface area contributed by atoms with Gasteiger partial charge in [0.25, 0.3) is 0 Å². The Morgan fingerprint density at radius 2 is 1.86 bits per heavy atom. The number of ether oxygens (including phenoxy) is 2. The Kier molecular flexibility index (Phi) is 7.93. The molecule has 2 aromatic carbocycles. The molecule has 0 aliphatic carbocycles. The number of nitrogens with one attached hydrogen (secondary N) is 2. The van der Waals surface area contributed by atoms with Crippen molar-refractivity contribution in [1.82, 2.24) is 5.32 Å². The van der Waals surface area contributed by atoms with Gasteiger partial charge in [-0.05, 0) is 36.8 Å². The highest BCUT2D eigenvalue weighted by Crippen LogP contribution is 2.30. The van der Waals surface area contributed by atoms with E-state index in [-0.39, 0.29) is 0 Å². The van der Waals surface area contributed by atoms with Crippen molar-refractivity contribution in [2.24, 2.45) is 4.99 Å². The van der Waals surface area contributed by atoms with Crippen LogP contribution in [0.2, 0.25) is 0 Å². The highest BCUT2D eigenvalue weighted by atomic mass is 32.2. The predicted molar refractivity (Wildman–Crippen MR) is 124 cm³/mol. The molecule has 0 unspecified atom stereocenters. The lowest BCUT2D eigenvalue weighted by Crippen LogP contribution is -2.32. The molecule has 1 aliphatic rings. The van der Waals surface area contributed by atoms with Gasteiger partial charge in [-0.15, -0.1) is 0 Å².